The Labute approximate surface area is 268 Å². The van der Waals surface area contributed by atoms with Crippen molar-refractivity contribution in [1.29, 1.82) is 0 Å². The molecule has 45 heavy (non-hydrogen) atoms. The summed E-state index contributed by atoms with van der Waals surface area (Å²) >= 11 is 6.31. The fourth-order valence-electron chi connectivity index (χ4n) is 4.80. The third-order valence-corrected chi connectivity index (χ3v) is 9.12. The van der Waals surface area contributed by atoms with Crippen molar-refractivity contribution in [2.75, 3.05) is 24.5 Å². The number of amides is 2. The molecule has 0 aromatic heterocycles. The number of carbonyl (C=O) groups excluding carboxylic acids is 2. The number of rotatable bonds is 14. The minimum atomic E-state index is -4.33. The average molecular weight is 652 g/mol. The number of halogens is 2. The highest BCUT2D eigenvalue weighted by atomic mass is 35.5. The molecule has 0 aliphatic heterocycles. The van der Waals surface area contributed by atoms with Crippen LogP contribution in [0.3, 0.4) is 0 Å². The molecular weight excluding hydrogens is 617 g/mol. The van der Waals surface area contributed by atoms with Crippen LogP contribution >= 0.6 is 11.6 Å². The molecule has 0 saturated heterocycles. The number of sulfonamides is 1. The summed E-state index contributed by atoms with van der Waals surface area (Å²) in [6.45, 7) is 1.54. The smallest absolute Gasteiger partial charge is 0.264 e. The van der Waals surface area contributed by atoms with Crippen molar-refractivity contribution in [3.8, 4) is 5.75 Å². The molecule has 0 aliphatic rings. The van der Waals surface area contributed by atoms with E-state index >= 15 is 0 Å². The number of hydrogen-bond donors (Lipinski definition) is 1. The van der Waals surface area contributed by atoms with Crippen LogP contribution in [0.25, 0.3) is 0 Å². The van der Waals surface area contributed by atoms with E-state index in [0.717, 1.165) is 9.87 Å². The minimum Gasteiger partial charge on any atom is -0.495 e. The highest BCUT2D eigenvalue weighted by Gasteiger charge is 2.35. The number of nitrogens with one attached hydrogen (secondary N) is 1. The summed E-state index contributed by atoms with van der Waals surface area (Å²) in [4.78, 5) is 29.4. The van der Waals surface area contributed by atoms with Crippen molar-refractivity contribution in [3.05, 3.63) is 125 Å². The second-order valence-electron chi connectivity index (χ2n) is 10.3. The standard InChI is InChI=1S/C34H35ClFN3O5S/c1-3-20-37-34(41)31(21-25-10-6-4-7-11-25)38(23-26-14-17-28(36)18-15-26)33(40)24-39(30-22-27(35)16-19-32(30)44-2)45(42,43)29-12-8-5-9-13-29/h4-19,22,31H,3,20-21,23-24H2,1-2H3,(H,37,41)/t31-/m0/s1. The summed E-state index contributed by atoms with van der Waals surface area (Å²) in [5, 5.41) is 3.12. The summed E-state index contributed by atoms with van der Waals surface area (Å²) in [6.07, 6.45) is 0.836. The molecule has 2 amide bonds. The first-order valence-electron chi connectivity index (χ1n) is 14.4. The fourth-order valence-corrected chi connectivity index (χ4v) is 6.40. The molecule has 4 rings (SSSR count). The zero-order valence-electron chi connectivity index (χ0n) is 25.0. The van der Waals surface area contributed by atoms with Gasteiger partial charge in [-0.2, -0.15) is 0 Å². The summed E-state index contributed by atoms with van der Waals surface area (Å²) in [5.74, 6) is -1.33. The predicted octanol–water partition coefficient (Wildman–Crippen LogP) is 5.85. The van der Waals surface area contributed by atoms with E-state index in [0.29, 0.717) is 18.5 Å². The molecule has 4 aromatic rings. The number of benzene rings is 4. The van der Waals surface area contributed by atoms with Gasteiger partial charge in [-0.05, 0) is 60.0 Å². The molecule has 8 nitrogen and oxygen atoms in total. The molecule has 4 aromatic carbocycles. The Balaban J connectivity index is 1.83. The van der Waals surface area contributed by atoms with Crippen LogP contribution in [0.15, 0.2) is 108 Å². The highest BCUT2D eigenvalue weighted by molar-refractivity contribution is 7.92. The number of ether oxygens (including phenoxy) is 1. The molecule has 0 radical (unpaired) electrons. The topological polar surface area (TPSA) is 96.0 Å². The zero-order valence-corrected chi connectivity index (χ0v) is 26.6. The van der Waals surface area contributed by atoms with Crippen molar-refractivity contribution >= 4 is 39.1 Å². The number of hydrogen-bond acceptors (Lipinski definition) is 5. The normalized spacial score (nSPS) is 11.8. The Morgan fingerprint density at radius 2 is 1.56 bits per heavy atom. The molecule has 1 atom stereocenters. The Hall–Kier alpha value is -4.41. The van der Waals surface area contributed by atoms with E-state index in [4.69, 9.17) is 16.3 Å². The van der Waals surface area contributed by atoms with E-state index in [2.05, 4.69) is 5.32 Å². The highest BCUT2D eigenvalue weighted by Crippen LogP contribution is 2.35. The van der Waals surface area contributed by atoms with Gasteiger partial charge < -0.3 is 15.0 Å². The summed E-state index contributed by atoms with van der Waals surface area (Å²) in [5.41, 5.74) is 1.42. The van der Waals surface area contributed by atoms with Gasteiger partial charge in [-0.15, -0.1) is 0 Å². The third kappa shape index (κ3) is 8.61. The summed E-state index contributed by atoms with van der Waals surface area (Å²) in [6, 6.07) is 26.0. The largest absolute Gasteiger partial charge is 0.495 e. The first-order chi connectivity index (χ1) is 21.6. The zero-order chi connectivity index (χ0) is 32.4. The van der Waals surface area contributed by atoms with Gasteiger partial charge in [0.1, 0.15) is 24.2 Å². The summed E-state index contributed by atoms with van der Waals surface area (Å²) in [7, 11) is -2.95. The monoisotopic (exact) mass is 651 g/mol. The fraction of sp³-hybridized carbons (Fsp3) is 0.235. The van der Waals surface area contributed by atoms with E-state index in [1.54, 1.807) is 24.3 Å². The molecule has 236 valence electrons. The van der Waals surface area contributed by atoms with Crippen molar-refractivity contribution < 1.29 is 27.1 Å². The number of carbonyl (C=O) groups is 2. The SMILES string of the molecule is CCCNC(=O)[C@H](Cc1ccccc1)N(Cc1ccc(F)cc1)C(=O)CN(c1cc(Cl)ccc1OC)S(=O)(=O)c1ccccc1. The van der Waals surface area contributed by atoms with E-state index in [9.17, 15) is 22.4 Å². The van der Waals surface area contributed by atoms with E-state index in [1.807, 2.05) is 37.3 Å². The van der Waals surface area contributed by atoms with E-state index in [1.165, 1.54) is 60.5 Å². The maximum Gasteiger partial charge on any atom is 0.264 e. The molecule has 0 bridgehead atoms. The first kappa shape index (κ1) is 33.5. The molecule has 0 spiro atoms. The number of anilines is 1. The third-order valence-electron chi connectivity index (χ3n) is 7.11. The van der Waals surface area contributed by atoms with Crippen molar-refractivity contribution in [2.24, 2.45) is 0 Å². The summed E-state index contributed by atoms with van der Waals surface area (Å²) < 4.78 is 48.5. The predicted molar refractivity (Wildman–Crippen MR) is 173 cm³/mol. The average Bonchev–Trinajstić information content (AvgIpc) is 3.05. The lowest BCUT2D eigenvalue weighted by Gasteiger charge is -2.34. The lowest BCUT2D eigenvalue weighted by Crippen LogP contribution is -2.53. The quantitative estimate of drug-likeness (QED) is 0.185. The molecular formula is C34H35ClFN3O5S. The molecule has 11 heteroatoms. The molecule has 1 N–H and O–H groups in total. The van der Waals surface area contributed by atoms with Crippen LogP contribution in [-0.4, -0.2) is 51.4 Å². The molecule has 0 unspecified atom stereocenters. The second kappa shape index (κ2) is 15.5. The van der Waals surface area contributed by atoms with Gasteiger partial charge in [0.25, 0.3) is 10.0 Å². The van der Waals surface area contributed by atoms with Crippen molar-refractivity contribution in [3.63, 3.8) is 0 Å². The lowest BCUT2D eigenvalue weighted by molar-refractivity contribution is -0.140. The van der Waals surface area contributed by atoms with Gasteiger partial charge in [-0.3, -0.25) is 13.9 Å². The van der Waals surface area contributed by atoms with E-state index in [-0.39, 0.29) is 34.3 Å². The van der Waals surface area contributed by atoms with Crippen LogP contribution in [0.2, 0.25) is 5.02 Å². The van der Waals surface area contributed by atoms with Gasteiger partial charge in [0.2, 0.25) is 11.8 Å². The Bertz CT molecular complexity index is 1690. The van der Waals surface area contributed by atoms with Gasteiger partial charge >= 0.3 is 0 Å². The number of methoxy groups -OCH3 is 1. The maximum atomic E-state index is 14.5. The van der Waals surface area contributed by atoms with Crippen LogP contribution < -0.4 is 14.4 Å². The van der Waals surface area contributed by atoms with Crippen LogP contribution in [0.1, 0.15) is 24.5 Å². The Morgan fingerprint density at radius 3 is 2.18 bits per heavy atom. The Morgan fingerprint density at radius 1 is 0.911 bits per heavy atom. The van der Waals surface area contributed by atoms with Crippen LogP contribution in [0.4, 0.5) is 10.1 Å². The van der Waals surface area contributed by atoms with Gasteiger partial charge in [0.05, 0.1) is 17.7 Å². The molecule has 0 saturated carbocycles. The van der Waals surface area contributed by atoms with Crippen molar-refractivity contribution in [2.45, 2.75) is 37.2 Å². The number of nitrogens with zero attached hydrogens (tertiary/aromatic N) is 2. The molecule has 0 heterocycles. The van der Waals surface area contributed by atoms with Gasteiger partial charge in [-0.25, -0.2) is 12.8 Å². The minimum absolute atomic E-state index is 0.0496. The first-order valence-corrected chi connectivity index (χ1v) is 16.2. The van der Waals surface area contributed by atoms with E-state index < -0.39 is 40.2 Å². The van der Waals surface area contributed by atoms with Gasteiger partial charge in [0.15, 0.2) is 0 Å². The van der Waals surface area contributed by atoms with Crippen LogP contribution in [0.5, 0.6) is 5.75 Å². The lowest BCUT2D eigenvalue weighted by atomic mass is 10.0. The second-order valence-corrected chi connectivity index (χ2v) is 12.6. The van der Waals surface area contributed by atoms with Crippen LogP contribution in [0, 0.1) is 5.82 Å². The Kier molecular flexibility index (Phi) is 11.6. The van der Waals surface area contributed by atoms with Gasteiger partial charge in [0, 0.05) is 24.5 Å². The molecule has 0 aliphatic carbocycles. The molecule has 0 fully saturated rings. The van der Waals surface area contributed by atoms with Gasteiger partial charge in [-0.1, -0.05) is 79.2 Å². The maximum absolute atomic E-state index is 14.5. The van der Waals surface area contributed by atoms with Crippen LogP contribution in [-0.2, 0) is 32.6 Å². The van der Waals surface area contributed by atoms with Crippen molar-refractivity contribution in [1.82, 2.24) is 10.2 Å².